The van der Waals surface area contributed by atoms with Gasteiger partial charge in [0.25, 0.3) is 0 Å². The molecule has 0 aliphatic carbocycles. The molecule has 88 valence electrons. The third kappa shape index (κ3) is 2.98. The molecule has 1 heterocycles. The van der Waals surface area contributed by atoms with Crippen LogP contribution in [0.25, 0.3) is 0 Å². The number of benzene rings is 1. The number of rotatable bonds is 3. The topological polar surface area (TPSA) is 24.9 Å². The number of anilines is 2. The minimum Gasteiger partial charge on any atom is -0.353 e. The maximum absolute atomic E-state index is 6.08. The zero-order valence-electron chi connectivity index (χ0n) is 10.00. The monoisotopic (exact) mass is 246 g/mol. The Kier molecular flexibility index (Phi) is 3.64. The van der Waals surface area contributed by atoms with Gasteiger partial charge in [0.1, 0.15) is 0 Å². The molecular weight excluding hydrogens is 232 g/mol. The molecule has 1 aromatic heterocycles. The first-order valence-corrected chi connectivity index (χ1v) is 6.06. The highest BCUT2D eigenvalue weighted by atomic mass is 35.5. The molecule has 1 aromatic carbocycles. The Bertz CT molecular complexity index is 523. The van der Waals surface area contributed by atoms with Gasteiger partial charge in [-0.3, -0.25) is 0 Å². The molecule has 0 bridgehead atoms. The van der Waals surface area contributed by atoms with Crippen LogP contribution in [0.15, 0.2) is 36.4 Å². The zero-order valence-corrected chi connectivity index (χ0v) is 10.8. The van der Waals surface area contributed by atoms with E-state index in [9.17, 15) is 0 Å². The second kappa shape index (κ2) is 5.19. The molecule has 0 aliphatic heterocycles. The highest BCUT2D eigenvalue weighted by molar-refractivity contribution is 6.32. The van der Waals surface area contributed by atoms with E-state index in [0.29, 0.717) is 5.15 Å². The quantitative estimate of drug-likeness (QED) is 0.815. The van der Waals surface area contributed by atoms with Crippen LogP contribution in [-0.4, -0.2) is 4.98 Å². The average Bonchev–Trinajstić information content (AvgIpc) is 2.33. The number of nitrogens with zero attached hydrogens (tertiary/aromatic N) is 1. The van der Waals surface area contributed by atoms with E-state index in [1.54, 1.807) is 0 Å². The fourth-order valence-corrected chi connectivity index (χ4v) is 1.89. The van der Waals surface area contributed by atoms with Crippen molar-refractivity contribution in [3.8, 4) is 0 Å². The molecule has 0 amide bonds. The van der Waals surface area contributed by atoms with Crippen molar-refractivity contribution in [1.29, 1.82) is 0 Å². The molecule has 0 saturated heterocycles. The van der Waals surface area contributed by atoms with E-state index in [4.69, 9.17) is 11.6 Å². The fourth-order valence-electron chi connectivity index (χ4n) is 1.64. The molecule has 2 nitrogen and oxygen atoms in total. The zero-order chi connectivity index (χ0) is 12.3. The third-order valence-electron chi connectivity index (χ3n) is 2.60. The van der Waals surface area contributed by atoms with Crippen molar-refractivity contribution < 1.29 is 0 Å². The number of aromatic nitrogens is 1. The van der Waals surface area contributed by atoms with E-state index in [0.717, 1.165) is 23.5 Å². The van der Waals surface area contributed by atoms with Gasteiger partial charge < -0.3 is 5.32 Å². The summed E-state index contributed by atoms with van der Waals surface area (Å²) >= 11 is 6.08. The summed E-state index contributed by atoms with van der Waals surface area (Å²) in [5, 5.41) is 3.79. The van der Waals surface area contributed by atoms with Crippen molar-refractivity contribution in [2.75, 3.05) is 5.32 Å². The van der Waals surface area contributed by atoms with Crippen LogP contribution in [0, 0.1) is 6.92 Å². The Morgan fingerprint density at radius 1 is 1.24 bits per heavy atom. The lowest BCUT2D eigenvalue weighted by Gasteiger charge is -2.09. The largest absolute Gasteiger partial charge is 0.353 e. The smallest absolute Gasteiger partial charge is 0.152 e. The van der Waals surface area contributed by atoms with Gasteiger partial charge in [-0.1, -0.05) is 30.7 Å². The third-order valence-corrected chi connectivity index (χ3v) is 2.89. The van der Waals surface area contributed by atoms with Crippen LogP contribution in [0.4, 0.5) is 11.4 Å². The van der Waals surface area contributed by atoms with Gasteiger partial charge >= 0.3 is 0 Å². The maximum atomic E-state index is 6.08. The fraction of sp³-hybridized carbons (Fsp3) is 0.214. The van der Waals surface area contributed by atoms with Crippen LogP contribution in [0.2, 0.25) is 5.15 Å². The number of pyridine rings is 1. The number of hydrogen-bond donors (Lipinski definition) is 1. The molecule has 0 aliphatic rings. The number of halogens is 1. The van der Waals surface area contributed by atoms with E-state index in [1.807, 2.05) is 31.2 Å². The molecule has 0 fully saturated rings. The minimum atomic E-state index is 0.506. The van der Waals surface area contributed by atoms with Gasteiger partial charge in [-0.15, -0.1) is 0 Å². The standard InChI is InChI=1S/C14H15ClN2/c1-3-11-5-4-6-12(9-11)17-13-8-7-10(2)16-14(13)15/h4-9,17H,3H2,1-2H3. The Hall–Kier alpha value is -1.54. The molecule has 2 aromatic rings. The lowest BCUT2D eigenvalue weighted by Crippen LogP contribution is -1.94. The van der Waals surface area contributed by atoms with Crippen LogP contribution >= 0.6 is 11.6 Å². The molecule has 0 radical (unpaired) electrons. The van der Waals surface area contributed by atoms with Gasteiger partial charge in [0, 0.05) is 11.4 Å². The summed E-state index contributed by atoms with van der Waals surface area (Å²) < 4.78 is 0. The Labute approximate surface area is 107 Å². The SMILES string of the molecule is CCc1cccc(Nc2ccc(C)nc2Cl)c1. The van der Waals surface area contributed by atoms with Crippen LogP contribution in [0.1, 0.15) is 18.2 Å². The second-order valence-electron chi connectivity index (χ2n) is 3.97. The summed E-state index contributed by atoms with van der Waals surface area (Å²) in [6, 6.07) is 12.2. The van der Waals surface area contributed by atoms with Gasteiger partial charge in [0.2, 0.25) is 0 Å². The van der Waals surface area contributed by atoms with E-state index < -0.39 is 0 Å². The Balaban J connectivity index is 2.25. The molecule has 0 spiro atoms. The van der Waals surface area contributed by atoms with Crippen molar-refractivity contribution in [2.24, 2.45) is 0 Å². The van der Waals surface area contributed by atoms with Crippen molar-refractivity contribution in [2.45, 2.75) is 20.3 Å². The first-order valence-electron chi connectivity index (χ1n) is 5.68. The number of hydrogen-bond acceptors (Lipinski definition) is 2. The normalized spacial score (nSPS) is 10.3. The Morgan fingerprint density at radius 2 is 2.06 bits per heavy atom. The maximum Gasteiger partial charge on any atom is 0.152 e. The van der Waals surface area contributed by atoms with Crippen molar-refractivity contribution in [1.82, 2.24) is 4.98 Å². The van der Waals surface area contributed by atoms with Crippen LogP contribution in [0.3, 0.4) is 0 Å². The van der Waals surface area contributed by atoms with Gasteiger partial charge in [0.05, 0.1) is 5.69 Å². The molecule has 3 heteroatoms. The number of aryl methyl sites for hydroxylation is 2. The first kappa shape index (κ1) is 11.9. The molecular formula is C14H15ClN2. The van der Waals surface area contributed by atoms with Gasteiger partial charge in [0.15, 0.2) is 5.15 Å². The van der Waals surface area contributed by atoms with Gasteiger partial charge in [-0.2, -0.15) is 0 Å². The van der Waals surface area contributed by atoms with E-state index in [1.165, 1.54) is 5.56 Å². The summed E-state index contributed by atoms with van der Waals surface area (Å²) in [7, 11) is 0. The lowest BCUT2D eigenvalue weighted by atomic mass is 10.1. The summed E-state index contributed by atoms with van der Waals surface area (Å²) in [5.41, 5.74) is 4.09. The van der Waals surface area contributed by atoms with Crippen LogP contribution in [-0.2, 0) is 6.42 Å². The summed E-state index contributed by atoms with van der Waals surface area (Å²) in [4.78, 5) is 4.22. The van der Waals surface area contributed by atoms with E-state index in [-0.39, 0.29) is 0 Å². The summed E-state index contributed by atoms with van der Waals surface area (Å²) in [6.07, 6.45) is 1.02. The predicted octanol–water partition coefficient (Wildman–Crippen LogP) is 4.35. The van der Waals surface area contributed by atoms with Crippen molar-refractivity contribution in [3.63, 3.8) is 0 Å². The highest BCUT2D eigenvalue weighted by Gasteiger charge is 2.02. The molecule has 0 unspecified atom stereocenters. The summed E-state index contributed by atoms with van der Waals surface area (Å²) in [5.74, 6) is 0. The van der Waals surface area contributed by atoms with Gasteiger partial charge in [-0.05, 0) is 43.2 Å². The van der Waals surface area contributed by atoms with E-state index in [2.05, 4.69) is 29.4 Å². The van der Waals surface area contributed by atoms with Crippen LogP contribution in [0.5, 0.6) is 0 Å². The number of nitrogens with one attached hydrogen (secondary N) is 1. The van der Waals surface area contributed by atoms with Gasteiger partial charge in [-0.25, -0.2) is 4.98 Å². The molecule has 0 atom stereocenters. The van der Waals surface area contributed by atoms with Crippen LogP contribution < -0.4 is 5.32 Å². The predicted molar refractivity (Wildman–Crippen MR) is 73.1 cm³/mol. The van der Waals surface area contributed by atoms with Crippen molar-refractivity contribution in [3.05, 3.63) is 52.8 Å². The first-order chi connectivity index (χ1) is 8.19. The lowest BCUT2D eigenvalue weighted by molar-refractivity contribution is 1.14. The minimum absolute atomic E-state index is 0.506. The molecule has 0 saturated carbocycles. The highest BCUT2D eigenvalue weighted by Crippen LogP contribution is 2.24. The van der Waals surface area contributed by atoms with Crippen molar-refractivity contribution >= 4 is 23.0 Å². The Morgan fingerprint density at radius 3 is 2.76 bits per heavy atom. The second-order valence-corrected chi connectivity index (χ2v) is 4.33. The molecule has 1 N–H and O–H groups in total. The molecule has 2 rings (SSSR count). The van der Waals surface area contributed by atoms with E-state index >= 15 is 0 Å². The molecule has 17 heavy (non-hydrogen) atoms. The average molecular weight is 247 g/mol. The summed E-state index contributed by atoms with van der Waals surface area (Å²) in [6.45, 7) is 4.06.